The Bertz CT molecular complexity index is 1220. The predicted octanol–water partition coefficient (Wildman–Crippen LogP) is 3.21. The van der Waals surface area contributed by atoms with Gasteiger partial charge in [-0.25, -0.2) is 8.42 Å². The Morgan fingerprint density at radius 3 is 2.42 bits per heavy atom. The molecule has 0 saturated carbocycles. The summed E-state index contributed by atoms with van der Waals surface area (Å²) in [7, 11) is 1.43. The molecule has 176 valence electrons. The van der Waals surface area contributed by atoms with Crippen molar-refractivity contribution in [3.05, 3.63) is 47.0 Å². The summed E-state index contributed by atoms with van der Waals surface area (Å²) in [6.45, 7) is 0. The number of ether oxygens (including phenoxy) is 3. The Hall–Kier alpha value is -2.43. The maximum Gasteiger partial charge on any atom is 0.252 e. The lowest BCUT2D eigenvalue weighted by Gasteiger charge is -2.25. The third-order valence-electron chi connectivity index (χ3n) is 5.50. The number of amides is 1. The van der Waals surface area contributed by atoms with Crippen LogP contribution in [0.3, 0.4) is 0 Å². The molecule has 0 N–H and O–H groups in total. The van der Waals surface area contributed by atoms with Crippen molar-refractivity contribution in [2.24, 2.45) is 4.99 Å². The molecule has 2 saturated heterocycles. The standard InChI is InChI=1S/C22H23ClN2O6S2/c1-29-17-7-5-14(10-15(17)23)25-16-11-33(27,28)12-20(16)32-22(25)24-21(26)9-13-4-6-18(30-2)19(8-13)31-3/h4-8,10,16,20H,9,11-12H2,1-3H3/t16-,20-/m1/s1. The summed E-state index contributed by atoms with van der Waals surface area (Å²) in [6.07, 6.45) is 0.0647. The number of sulfone groups is 1. The van der Waals surface area contributed by atoms with Gasteiger partial charge in [-0.3, -0.25) is 4.79 Å². The maximum atomic E-state index is 12.8. The topological polar surface area (TPSA) is 94.5 Å². The molecule has 0 spiro atoms. The van der Waals surface area contributed by atoms with Crippen molar-refractivity contribution in [1.82, 2.24) is 0 Å². The van der Waals surface area contributed by atoms with Crippen LogP contribution in [0.15, 0.2) is 41.4 Å². The third kappa shape index (κ3) is 4.92. The number of benzene rings is 2. The predicted molar refractivity (Wildman–Crippen MR) is 130 cm³/mol. The SMILES string of the molecule is COc1ccc(N2C(=NC(=O)Cc3ccc(OC)c(OC)c3)S[C@@H]3CS(=O)(=O)C[C@H]32)cc1Cl. The molecule has 2 aliphatic rings. The van der Waals surface area contributed by atoms with Crippen molar-refractivity contribution < 1.29 is 27.4 Å². The second-order valence-electron chi connectivity index (χ2n) is 7.64. The van der Waals surface area contributed by atoms with Gasteiger partial charge in [0.25, 0.3) is 5.91 Å². The Labute approximate surface area is 201 Å². The number of methoxy groups -OCH3 is 3. The van der Waals surface area contributed by atoms with E-state index < -0.39 is 9.84 Å². The summed E-state index contributed by atoms with van der Waals surface area (Å²) in [6, 6.07) is 10.1. The van der Waals surface area contributed by atoms with Crippen molar-refractivity contribution >= 4 is 50.0 Å². The first-order valence-electron chi connectivity index (χ1n) is 10.1. The molecule has 0 bridgehead atoms. The van der Waals surface area contributed by atoms with E-state index in [9.17, 15) is 13.2 Å². The van der Waals surface area contributed by atoms with Gasteiger partial charge in [0.15, 0.2) is 26.5 Å². The van der Waals surface area contributed by atoms with Gasteiger partial charge in [-0.05, 0) is 35.9 Å². The molecule has 8 nitrogen and oxygen atoms in total. The number of thioether (sulfide) groups is 1. The zero-order valence-corrected chi connectivity index (χ0v) is 20.7. The van der Waals surface area contributed by atoms with Crippen LogP contribution in [-0.4, -0.2) is 63.6 Å². The molecule has 4 rings (SSSR count). The molecule has 0 aromatic heterocycles. The van der Waals surface area contributed by atoms with Gasteiger partial charge in [0.1, 0.15) is 5.75 Å². The van der Waals surface area contributed by atoms with Crippen molar-refractivity contribution in [2.45, 2.75) is 17.7 Å². The molecular weight excluding hydrogens is 488 g/mol. The van der Waals surface area contributed by atoms with Gasteiger partial charge in [-0.1, -0.05) is 29.4 Å². The number of rotatable bonds is 6. The van der Waals surface area contributed by atoms with E-state index in [1.54, 1.807) is 48.4 Å². The number of amidine groups is 1. The Morgan fingerprint density at radius 2 is 1.76 bits per heavy atom. The van der Waals surface area contributed by atoms with Gasteiger partial charge in [-0.15, -0.1) is 0 Å². The van der Waals surface area contributed by atoms with Crippen LogP contribution < -0.4 is 19.1 Å². The van der Waals surface area contributed by atoms with Gasteiger partial charge in [-0.2, -0.15) is 4.99 Å². The molecule has 2 heterocycles. The number of aliphatic imine (C=N–C) groups is 1. The molecule has 0 radical (unpaired) electrons. The van der Waals surface area contributed by atoms with Crippen LogP contribution in [0.1, 0.15) is 5.56 Å². The van der Waals surface area contributed by atoms with Gasteiger partial charge in [0, 0.05) is 10.9 Å². The number of hydrogen-bond acceptors (Lipinski definition) is 7. The molecule has 2 fully saturated rings. The average Bonchev–Trinajstić information content (AvgIpc) is 3.23. The van der Waals surface area contributed by atoms with E-state index in [0.717, 1.165) is 5.56 Å². The molecule has 2 aromatic carbocycles. The van der Waals surface area contributed by atoms with E-state index in [1.807, 2.05) is 0 Å². The maximum absolute atomic E-state index is 12.8. The van der Waals surface area contributed by atoms with E-state index in [2.05, 4.69) is 4.99 Å². The minimum absolute atomic E-state index is 0.00277. The number of carbonyl (C=O) groups excluding carboxylic acids is 1. The Morgan fingerprint density at radius 1 is 1.06 bits per heavy atom. The monoisotopic (exact) mass is 510 g/mol. The van der Waals surface area contributed by atoms with Crippen LogP contribution in [0.25, 0.3) is 0 Å². The van der Waals surface area contributed by atoms with Crippen LogP contribution in [0.5, 0.6) is 17.2 Å². The van der Waals surface area contributed by atoms with Crippen LogP contribution >= 0.6 is 23.4 Å². The van der Waals surface area contributed by atoms with Gasteiger partial charge in [0.05, 0.1) is 50.3 Å². The highest BCUT2D eigenvalue weighted by atomic mass is 35.5. The summed E-state index contributed by atoms with van der Waals surface area (Å²) >= 11 is 7.63. The zero-order valence-electron chi connectivity index (χ0n) is 18.3. The lowest BCUT2D eigenvalue weighted by atomic mass is 10.1. The molecule has 2 aromatic rings. The van der Waals surface area contributed by atoms with Gasteiger partial charge < -0.3 is 19.1 Å². The number of halogens is 1. The fraction of sp³-hybridized carbons (Fsp3) is 0.364. The number of anilines is 1. The Balaban J connectivity index is 1.63. The summed E-state index contributed by atoms with van der Waals surface area (Å²) in [4.78, 5) is 19.0. The van der Waals surface area contributed by atoms with E-state index in [4.69, 9.17) is 25.8 Å². The van der Waals surface area contributed by atoms with Crippen LogP contribution in [0, 0.1) is 0 Å². The van der Waals surface area contributed by atoms with E-state index >= 15 is 0 Å². The molecule has 0 aliphatic carbocycles. The first-order chi connectivity index (χ1) is 15.7. The highest BCUT2D eigenvalue weighted by Gasteiger charge is 2.49. The first kappa shape index (κ1) is 23.7. The average molecular weight is 511 g/mol. The normalized spacial score (nSPS) is 22.3. The molecule has 1 amide bonds. The number of hydrogen-bond donors (Lipinski definition) is 0. The number of fused-ring (bicyclic) bond motifs is 1. The molecule has 2 atom stereocenters. The highest BCUT2D eigenvalue weighted by Crippen LogP contribution is 2.42. The fourth-order valence-electron chi connectivity index (χ4n) is 3.98. The summed E-state index contributed by atoms with van der Waals surface area (Å²) in [5.41, 5.74) is 1.39. The summed E-state index contributed by atoms with van der Waals surface area (Å²) in [5.74, 6) is 1.30. The smallest absolute Gasteiger partial charge is 0.252 e. The lowest BCUT2D eigenvalue weighted by molar-refractivity contribution is -0.117. The van der Waals surface area contributed by atoms with Crippen molar-refractivity contribution in [3.63, 3.8) is 0 Å². The largest absolute Gasteiger partial charge is 0.495 e. The lowest BCUT2D eigenvalue weighted by Crippen LogP contribution is -2.37. The van der Waals surface area contributed by atoms with Crippen LogP contribution in [-0.2, 0) is 21.1 Å². The van der Waals surface area contributed by atoms with Crippen molar-refractivity contribution in [1.29, 1.82) is 0 Å². The fourth-order valence-corrected chi connectivity index (χ4v) is 8.17. The molecule has 0 unspecified atom stereocenters. The Kier molecular flexibility index (Phi) is 6.78. The summed E-state index contributed by atoms with van der Waals surface area (Å²) in [5, 5.41) is 0.649. The second kappa shape index (κ2) is 9.44. The zero-order chi connectivity index (χ0) is 23.8. The molecule has 33 heavy (non-hydrogen) atoms. The van der Waals surface area contributed by atoms with Crippen molar-refractivity contribution in [2.75, 3.05) is 37.7 Å². The van der Waals surface area contributed by atoms with E-state index in [-0.39, 0.29) is 35.1 Å². The highest BCUT2D eigenvalue weighted by molar-refractivity contribution is 8.16. The summed E-state index contributed by atoms with van der Waals surface area (Å²) < 4.78 is 40.3. The quantitative estimate of drug-likeness (QED) is 0.584. The minimum Gasteiger partial charge on any atom is -0.495 e. The van der Waals surface area contributed by atoms with Gasteiger partial charge >= 0.3 is 0 Å². The molecule has 11 heteroatoms. The van der Waals surface area contributed by atoms with E-state index in [1.165, 1.54) is 26.0 Å². The minimum atomic E-state index is -3.17. The second-order valence-corrected chi connectivity index (χ2v) is 11.4. The van der Waals surface area contributed by atoms with Crippen LogP contribution in [0.4, 0.5) is 5.69 Å². The number of nitrogens with zero attached hydrogens (tertiary/aromatic N) is 2. The molecule has 2 aliphatic heterocycles. The van der Waals surface area contributed by atoms with E-state index in [0.29, 0.717) is 33.1 Å². The third-order valence-corrected chi connectivity index (χ3v) is 9.01. The molecular formula is C22H23ClN2O6S2. The van der Waals surface area contributed by atoms with Gasteiger partial charge in [0.2, 0.25) is 0 Å². The first-order valence-corrected chi connectivity index (χ1v) is 13.1. The number of carbonyl (C=O) groups is 1. The van der Waals surface area contributed by atoms with Crippen molar-refractivity contribution in [3.8, 4) is 17.2 Å². The van der Waals surface area contributed by atoms with Crippen LogP contribution in [0.2, 0.25) is 5.02 Å².